The summed E-state index contributed by atoms with van der Waals surface area (Å²) in [5.41, 5.74) is 2.55. The Labute approximate surface area is 147 Å². The SMILES string of the molecule is O=C(O)[C@H](Sc1nc(-c2ccc(Cl)cc2)cs1)c1ccccc1. The lowest BCUT2D eigenvalue weighted by Gasteiger charge is -2.10. The van der Waals surface area contributed by atoms with Crippen LogP contribution in [0.15, 0.2) is 64.3 Å². The first-order valence-corrected chi connectivity index (χ1v) is 8.93. The van der Waals surface area contributed by atoms with Crippen molar-refractivity contribution in [3.05, 3.63) is 70.6 Å². The van der Waals surface area contributed by atoms with Crippen LogP contribution in [0, 0.1) is 0 Å². The number of thioether (sulfide) groups is 1. The number of hydrogen-bond donors (Lipinski definition) is 1. The molecule has 0 amide bonds. The smallest absolute Gasteiger partial charge is 0.321 e. The van der Waals surface area contributed by atoms with E-state index in [1.807, 2.05) is 60.0 Å². The van der Waals surface area contributed by atoms with Gasteiger partial charge in [0.2, 0.25) is 0 Å². The third-order valence-corrected chi connectivity index (χ3v) is 5.63. The van der Waals surface area contributed by atoms with Crippen molar-refractivity contribution in [1.82, 2.24) is 4.98 Å². The number of benzene rings is 2. The van der Waals surface area contributed by atoms with E-state index in [9.17, 15) is 9.90 Å². The molecule has 0 aliphatic heterocycles. The van der Waals surface area contributed by atoms with Gasteiger partial charge in [0.05, 0.1) is 5.69 Å². The molecule has 1 N–H and O–H groups in total. The molecule has 116 valence electrons. The zero-order valence-corrected chi connectivity index (χ0v) is 14.2. The van der Waals surface area contributed by atoms with Crippen LogP contribution in [0.5, 0.6) is 0 Å². The van der Waals surface area contributed by atoms with E-state index in [0.717, 1.165) is 21.2 Å². The van der Waals surface area contributed by atoms with Crippen molar-refractivity contribution in [2.75, 3.05) is 0 Å². The minimum Gasteiger partial charge on any atom is -0.480 e. The van der Waals surface area contributed by atoms with E-state index < -0.39 is 11.2 Å². The van der Waals surface area contributed by atoms with Crippen LogP contribution in [0.4, 0.5) is 0 Å². The molecule has 0 fully saturated rings. The second kappa shape index (κ2) is 7.17. The van der Waals surface area contributed by atoms with Crippen LogP contribution in [0.3, 0.4) is 0 Å². The molecule has 1 heterocycles. The van der Waals surface area contributed by atoms with Crippen LogP contribution >= 0.6 is 34.7 Å². The highest BCUT2D eigenvalue weighted by Gasteiger charge is 2.22. The molecule has 3 aromatic rings. The van der Waals surface area contributed by atoms with Gasteiger partial charge >= 0.3 is 5.97 Å². The van der Waals surface area contributed by atoms with Crippen molar-refractivity contribution < 1.29 is 9.90 Å². The Morgan fingerprint density at radius 3 is 2.48 bits per heavy atom. The molecule has 0 saturated carbocycles. The second-order valence-corrected chi connectivity index (χ2v) is 7.40. The standard InChI is InChI=1S/C17H12ClNO2S2/c18-13-8-6-11(7-9-13)14-10-22-17(19-14)23-15(16(20)21)12-4-2-1-3-5-12/h1-10,15H,(H,20,21)/t15-/m1/s1. The Kier molecular flexibility index (Phi) is 5.00. The number of thiazole rings is 1. The molecule has 23 heavy (non-hydrogen) atoms. The van der Waals surface area contributed by atoms with Crippen molar-refractivity contribution in [2.45, 2.75) is 9.59 Å². The first-order valence-electron chi connectivity index (χ1n) is 6.79. The molecule has 3 nitrogen and oxygen atoms in total. The van der Waals surface area contributed by atoms with Crippen molar-refractivity contribution in [3.63, 3.8) is 0 Å². The Hall–Kier alpha value is -1.82. The molecule has 6 heteroatoms. The lowest BCUT2D eigenvalue weighted by atomic mass is 10.1. The maximum atomic E-state index is 11.6. The number of nitrogens with zero attached hydrogens (tertiary/aromatic N) is 1. The van der Waals surface area contributed by atoms with Gasteiger partial charge in [-0.3, -0.25) is 4.79 Å². The lowest BCUT2D eigenvalue weighted by Crippen LogP contribution is -2.07. The fraction of sp³-hybridized carbons (Fsp3) is 0.0588. The number of carboxylic acids is 1. The summed E-state index contributed by atoms with van der Waals surface area (Å²) >= 11 is 8.58. The predicted molar refractivity (Wildman–Crippen MR) is 95.2 cm³/mol. The van der Waals surface area contributed by atoms with Crippen LogP contribution in [0.1, 0.15) is 10.8 Å². The number of carboxylic acid groups (broad SMARTS) is 1. The van der Waals surface area contributed by atoms with E-state index in [-0.39, 0.29) is 0 Å². The highest BCUT2D eigenvalue weighted by Crippen LogP contribution is 2.38. The van der Waals surface area contributed by atoms with Gasteiger partial charge in [0.1, 0.15) is 5.25 Å². The van der Waals surface area contributed by atoms with Gasteiger partial charge in [0.25, 0.3) is 0 Å². The summed E-state index contributed by atoms with van der Waals surface area (Å²) < 4.78 is 0.728. The minimum absolute atomic E-state index is 0.666. The quantitative estimate of drug-likeness (QED) is 0.619. The molecule has 2 aromatic carbocycles. The molecule has 0 spiro atoms. The second-order valence-electron chi connectivity index (χ2n) is 4.75. The van der Waals surface area contributed by atoms with Crippen LogP contribution < -0.4 is 0 Å². The third-order valence-electron chi connectivity index (χ3n) is 3.17. The molecule has 0 bridgehead atoms. The molecular formula is C17H12ClNO2S2. The van der Waals surface area contributed by atoms with E-state index in [1.54, 1.807) is 0 Å². The zero-order valence-electron chi connectivity index (χ0n) is 11.8. The van der Waals surface area contributed by atoms with Crippen LogP contribution in [-0.4, -0.2) is 16.1 Å². The van der Waals surface area contributed by atoms with Crippen molar-refractivity contribution in [1.29, 1.82) is 0 Å². The Morgan fingerprint density at radius 2 is 1.83 bits per heavy atom. The fourth-order valence-corrected chi connectivity index (χ4v) is 4.13. The van der Waals surface area contributed by atoms with Crippen molar-refractivity contribution >= 4 is 40.7 Å². The van der Waals surface area contributed by atoms with E-state index in [0.29, 0.717) is 5.02 Å². The zero-order chi connectivity index (χ0) is 16.2. The minimum atomic E-state index is -0.871. The number of aliphatic carboxylic acids is 1. The van der Waals surface area contributed by atoms with Crippen LogP contribution in [0.25, 0.3) is 11.3 Å². The molecule has 3 rings (SSSR count). The van der Waals surface area contributed by atoms with E-state index in [1.165, 1.54) is 23.1 Å². The number of carbonyl (C=O) groups is 1. The number of halogens is 1. The summed E-state index contributed by atoms with van der Waals surface area (Å²) in [6.45, 7) is 0. The van der Waals surface area contributed by atoms with Crippen molar-refractivity contribution in [3.8, 4) is 11.3 Å². The summed E-state index contributed by atoms with van der Waals surface area (Å²) in [5, 5.41) is 11.4. The van der Waals surface area contributed by atoms with Gasteiger partial charge in [0.15, 0.2) is 4.34 Å². The van der Waals surface area contributed by atoms with E-state index >= 15 is 0 Å². The molecule has 1 aromatic heterocycles. The largest absolute Gasteiger partial charge is 0.480 e. The lowest BCUT2D eigenvalue weighted by molar-refractivity contribution is -0.136. The maximum Gasteiger partial charge on any atom is 0.321 e. The first kappa shape index (κ1) is 16.1. The molecule has 0 radical (unpaired) electrons. The molecule has 0 unspecified atom stereocenters. The molecule has 0 saturated heterocycles. The fourth-order valence-electron chi connectivity index (χ4n) is 2.05. The third kappa shape index (κ3) is 3.93. The molecule has 0 aliphatic carbocycles. The molecule has 1 atom stereocenters. The van der Waals surface area contributed by atoms with E-state index in [4.69, 9.17) is 11.6 Å². The van der Waals surface area contributed by atoms with Crippen molar-refractivity contribution in [2.24, 2.45) is 0 Å². The summed E-state index contributed by atoms with van der Waals surface area (Å²) in [7, 11) is 0. The van der Waals surface area contributed by atoms with E-state index in [2.05, 4.69) is 4.98 Å². The topological polar surface area (TPSA) is 50.2 Å². The highest BCUT2D eigenvalue weighted by atomic mass is 35.5. The molecule has 0 aliphatic rings. The van der Waals surface area contributed by atoms with Gasteiger partial charge in [0, 0.05) is 16.0 Å². The highest BCUT2D eigenvalue weighted by molar-refractivity contribution is 8.01. The van der Waals surface area contributed by atoms with Gasteiger partial charge in [-0.05, 0) is 17.7 Å². The summed E-state index contributed by atoms with van der Waals surface area (Å²) in [6.07, 6.45) is 0. The number of hydrogen-bond acceptors (Lipinski definition) is 4. The summed E-state index contributed by atoms with van der Waals surface area (Å²) in [4.78, 5) is 16.1. The summed E-state index contributed by atoms with van der Waals surface area (Å²) in [5.74, 6) is -0.871. The Bertz CT molecular complexity index is 803. The van der Waals surface area contributed by atoms with Crippen LogP contribution in [0.2, 0.25) is 5.02 Å². The maximum absolute atomic E-state index is 11.6. The van der Waals surface area contributed by atoms with Gasteiger partial charge in [-0.2, -0.15) is 0 Å². The monoisotopic (exact) mass is 361 g/mol. The average molecular weight is 362 g/mol. The van der Waals surface area contributed by atoms with Gasteiger partial charge in [-0.15, -0.1) is 11.3 Å². The van der Waals surface area contributed by atoms with Gasteiger partial charge < -0.3 is 5.11 Å². The number of aromatic nitrogens is 1. The average Bonchev–Trinajstić information content (AvgIpc) is 3.02. The van der Waals surface area contributed by atoms with Gasteiger partial charge in [-0.1, -0.05) is 65.8 Å². The first-order chi connectivity index (χ1) is 11.1. The van der Waals surface area contributed by atoms with Gasteiger partial charge in [-0.25, -0.2) is 4.98 Å². The van der Waals surface area contributed by atoms with Crippen LogP contribution in [-0.2, 0) is 4.79 Å². The summed E-state index contributed by atoms with van der Waals surface area (Å²) in [6, 6.07) is 16.6. The predicted octanol–water partition coefficient (Wildman–Crippen LogP) is 5.38. The molecular weight excluding hydrogens is 350 g/mol. The number of rotatable bonds is 5. The Morgan fingerprint density at radius 1 is 1.13 bits per heavy atom. The normalized spacial score (nSPS) is 12.0. The Balaban J connectivity index is 1.82.